The first-order valence-corrected chi connectivity index (χ1v) is 9.90. The van der Waals surface area contributed by atoms with Crippen molar-refractivity contribution in [2.45, 2.75) is 38.1 Å². The van der Waals surface area contributed by atoms with Crippen LogP contribution in [0.3, 0.4) is 0 Å². The number of aliphatic hydroxyl groups is 2. The molecule has 1 aliphatic heterocycles. The lowest BCUT2D eigenvalue weighted by Gasteiger charge is -2.18. The number of rotatable bonds is 0. The third-order valence-electron chi connectivity index (χ3n) is 5.02. The lowest BCUT2D eigenvalue weighted by molar-refractivity contribution is 0.00206. The van der Waals surface area contributed by atoms with Crippen molar-refractivity contribution >= 4 is 11.6 Å². The minimum Gasteiger partial charge on any atom is -0.390 e. The maximum atomic E-state index is 12.5. The van der Waals surface area contributed by atoms with Gasteiger partial charge in [-0.05, 0) is 25.0 Å². The lowest BCUT2D eigenvalue weighted by atomic mass is 10.1. The molecule has 1 amide bonds. The van der Waals surface area contributed by atoms with Crippen molar-refractivity contribution in [1.29, 1.82) is 0 Å². The summed E-state index contributed by atoms with van der Waals surface area (Å²) in [5, 5.41) is 35.1. The Kier molecular flexibility index (Phi) is 5.77. The molecule has 0 saturated carbocycles. The molecule has 10 heteroatoms. The van der Waals surface area contributed by atoms with Crippen molar-refractivity contribution in [2.75, 3.05) is 11.9 Å². The number of carbonyl (C=O) groups is 1. The van der Waals surface area contributed by atoms with Gasteiger partial charge < -0.3 is 20.8 Å². The van der Waals surface area contributed by atoms with Crippen LogP contribution in [-0.2, 0) is 20.1 Å². The average Bonchev–Trinajstić information content (AvgIpc) is 3.35. The molecule has 4 bridgehead atoms. The Morgan fingerprint density at radius 1 is 1.17 bits per heavy atom. The quantitative estimate of drug-likeness (QED) is 0.425. The molecule has 0 aliphatic carbocycles. The molecule has 158 valence electrons. The molecule has 4 rings (SSSR count). The number of nitrogens with zero attached hydrogens (tertiary/aromatic N) is 5. The van der Waals surface area contributed by atoms with Crippen LogP contribution in [0.15, 0.2) is 36.8 Å². The number of aromatic nitrogens is 5. The maximum Gasteiger partial charge on any atom is 0.273 e. The largest absolute Gasteiger partial charge is 0.390 e. The van der Waals surface area contributed by atoms with Crippen LogP contribution in [0.1, 0.15) is 29.0 Å². The highest BCUT2D eigenvalue weighted by Crippen LogP contribution is 2.19. The molecule has 0 fully saturated rings. The van der Waals surface area contributed by atoms with Crippen LogP contribution in [0, 0.1) is 0 Å². The zero-order chi connectivity index (χ0) is 21.1. The zero-order valence-electron chi connectivity index (χ0n) is 16.7. The van der Waals surface area contributed by atoms with Crippen LogP contribution >= 0.6 is 0 Å². The van der Waals surface area contributed by atoms with Gasteiger partial charge in [0.25, 0.3) is 5.91 Å². The van der Waals surface area contributed by atoms with Crippen molar-refractivity contribution in [3.05, 3.63) is 48.2 Å². The van der Waals surface area contributed by atoms with Crippen molar-refractivity contribution < 1.29 is 15.0 Å². The first-order valence-electron chi connectivity index (χ1n) is 9.90. The lowest BCUT2D eigenvalue weighted by Crippen LogP contribution is -2.32. The van der Waals surface area contributed by atoms with E-state index >= 15 is 0 Å². The molecule has 1 aliphatic rings. The summed E-state index contributed by atoms with van der Waals surface area (Å²) in [7, 11) is 1.76. The Morgan fingerprint density at radius 3 is 2.90 bits per heavy atom. The predicted molar refractivity (Wildman–Crippen MR) is 110 cm³/mol. The summed E-state index contributed by atoms with van der Waals surface area (Å²) in [6, 6.07) is 5.69. The van der Waals surface area contributed by atoms with Gasteiger partial charge in [-0.25, -0.2) is 0 Å². The van der Waals surface area contributed by atoms with Crippen LogP contribution in [0.4, 0.5) is 5.69 Å². The predicted octanol–water partition coefficient (Wildman–Crippen LogP) is 0.536. The van der Waals surface area contributed by atoms with Gasteiger partial charge in [-0.1, -0.05) is 6.07 Å². The molecule has 30 heavy (non-hydrogen) atoms. The van der Waals surface area contributed by atoms with Gasteiger partial charge in [-0.15, -0.1) is 0 Å². The van der Waals surface area contributed by atoms with E-state index in [0.29, 0.717) is 37.3 Å². The number of aryl methyl sites for hydroxylation is 1. The first-order chi connectivity index (χ1) is 14.5. The molecule has 2 atom stereocenters. The molecule has 0 saturated heterocycles. The van der Waals surface area contributed by atoms with Gasteiger partial charge in [0.15, 0.2) is 5.69 Å². The van der Waals surface area contributed by atoms with Crippen LogP contribution < -0.4 is 10.6 Å². The molecule has 4 heterocycles. The monoisotopic (exact) mass is 411 g/mol. The van der Waals surface area contributed by atoms with Crippen LogP contribution in [-0.4, -0.2) is 59.4 Å². The van der Waals surface area contributed by atoms with Gasteiger partial charge in [0.1, 0.15) is 0 Å². The summed E-state index contributed by atoms with van der Waals surface area (Å²) in [6.07, 6.45) is 4.25. The molecular formula is C20H25N7O3. The molecule has 0 spiro atoms. The molecule has 2 unspecified atom stereocenters. The SMILES string of the molecule is Cn1cc2c(n1)C(=O)NCCCC(O)C(O)Cn1cc(cn1)-c1cccc(n1)CN2. The third-order valence-corrected chi connectivity index (χ3v) is 5.02. The van der Waals surface area contributed by atoms with Gasteiger partial charge in [0.05, 0.1) is 48.6 Å². The van der Waals surface area contributed by atoms with Crippen molar-refractivity contribution in [2.24, 2.45) is 7.05 Å². The normalized spacial score (nSPS) is 20.4. The second kappa shape index (κ2) is 8.64. The first kappa shape index (κ1) is 20.0. The van der Waals surface area contributed by atoms with Gasteiger partial charge in [0, 0.05) is 31.5 Å². The summed E-state index contributed by atoms with van der Waals surface area (Å²) >= 11 is 0. The zero-order valence-corrected chi connectivity index (χ0v) is 16.7. The number of aliphatic hydroxyl groups excluding tert-OH is 2. The molecular weight excluding hydrogens is 386 g/mol. The minimum absolute atomic E-state index is 0.173. The Hall–Kier alpha value is -3.24. The van der Waals surface area contributed by atoms with E-state index in [1.165, 1.54) is 0 Å². The summed E-state index contributed by atoms with van der Waals surface area (Å²) < 4.78 is 3.18. The molecule has 3 aromatic rings. The molecule has 0 aromatic carbocycles. The Labute approximate surface area is 173 Å². The number of carbonyl (C=O) groups excluding carboxylic acids is 1. The number of pyridine rings is 1. The summed E-state index contributed by atoms with van der Waals surface area (Å²) in [5.74, 6) is -0.293. The van der Waals surface area contributed by atoms with E-state index in [4.69, 9.17) is 0 Å². The molecule has 4 N–H and O–H groups in total. The second-order valence-electron chi connectivity index (χ2n) is 7.42. The highest BCUT2D eigenvalue weighted by Gasteiger charge is 2.19. The molecule has 3 aromatic heterocycles. The highest BCUT2D eigenvalue weighted by atomic mass is 16.3. The van der Waals surface area contributed by atoms with Crippen LogP contribution in [0.2, 0.25) is 0 Å². The van der Waals surface area contributed by atoms with E-state index in [1.54, 1.807) is 35.0 Å². The summed E-state index contributed by atoms with van der Waals surface area (Å²) in [6.45, 7) is 0.971. The summed E-state index contributed by atoms with van der Waals surface area (Å²) in [5.41, 5.74) is 3.29. The van der Waals surface area contributed by atoms with E-state index in [2.05, 4.69) is 25.8 Å². The van der Waals surface area contributed by atoms with E-state index in [9.17, 15) is 15.0 Å². The van der Waals surface area contributed by atoms with Gasteiger partial charge in [0.2, 0.25) is 0 Å². The topological polar surface area (TPSA) is 130 Å². The van der Waals surface area contributed by atoms with E-state index in [-0.39, 0.29) is 12.5 Å². The molecule has 10 nitrogen and oxygen atoms in total. The van der Waals surface area contributed by atoms with E-state index in [1.807, 2.05) is 18.2 Å². The number of anilines is 1. The van der Waals surface area contributed by atoms with Crippen LogP contribution in [0.5, 0.6) is 0 Å². The average molecular weight is 411 g/mol. The number of hydrogen-bond acceptors (Lipinski definition) is 7. The summed E-state index contributed by atoms with van der Waals surface area (Å²) in [4.78, 5) is 17.2. The Bertz CT molecular complexity index is 1030. The van der Waals surface area contributed by atoms with Gasteiger partial charge in [-0.2, -0.15) is 10.2 Å². The Balaban J connectivity index is 1.63. The standard InChI is InChI=1S/C20H25N7O3/c1-26-11-16-19(25-26)20(30)21-7-3-6-17(28)18(29)12-27-10-13(8-23-27)15-5-2-4-14(24-15)9-22-16/h2,4-5,8,10-11,17-18,22,28-29H,3,6-7,9,12H2,1H3,(H,21,30). The Morgan fingerprint density at radius 2 is 2.03 bits per heavy atom. The number of nitrogens with one attached hydrogen (secondary N) is 2. The smallest absolute Gasteiger partial charge is 0.273 e. The fourth-order valence-electron chi connectivity index (χ4n) is 3.41. The third kappa shape index (κ3) is 4.50. The molecule has 0 radical (unpaired) electrons. The fourth-order valence-corrected chi connectivity index (χ4v) is 3.41. The second-order valence-corrected chi connectivity index (χ2v) is 7.42. The fraction of sp³-hybridized carbons (Fsp3) is 0.400. The van der Waals surface area contributed by atoms with Crippen molar-refractivity contribution in [3.63, 3.8) is 0 Å². The van der Waals surface area contributed by atoms with Crippen molar-refractivity contribution in [3.8, 4) is 11.3 Å². The van der Waals surface area contributed by atoms with E-state index in [0.717, 1.165) is 17.0 Å². The van der Waals surface area contributed by atoms with Crippen molar-refractivity contribution in [1.82, 2.24) is 29.9 Å². The minimum atomic E-state index is -0.960. The highest BCUT2D eigenvalue weighted by molar-refractivity contribution is 5.97. The van der Waals surface area contributed by atoms with Gasteiger partial charge in [-0.3, -0.25) is 19.1 Å². The van der Waals surface area contributed by atoms with Crippen LogP contribution in [0.25, 0.3) is 11.3 Å². The number of fused-ring (bicyclic) bond motifs is 6. The van der Waals surface area contributed by atoms with Gasteiger partial charge >= 0.3 is 0 Å². The number of hydrogen-bond donors (Lipinski definition) is 4. The number of amides is 1. The van der Waals surface area contributed by atoms with E-state index < -0.39 is 12.2 Å². The maximum absolute atomic E-state index is 12.5.